The highest BCUT2D eigenvalue weighted by Crippen LogP contribution is 2.12. The first-order chi connectivity index (χ1) is 7.92. The number of amides is 1. The number of likely N-dealkylation sites (N-methyl/N-ethyl adjacent to an activating group) is 1. The largest absolute Gasteiger partial charge is 0.497 e. The Morgan fingerprint density at radius 2 is 2.06 bits per heavy atom. The number of rotatable bonds is 5. The van der Waals surface area contributed by atoms with E-state index in [4.69, 9.17) is 4.74 Å². The first kappa shape index (κ1) is 13.5. The van der Waals surface area contributed by atoms with Gasteiger partial charge in [0.1, 0.15) is 5.75 Å². The van der Waals surface area contributed by atoms with E-state index in [2.05, 4.69) is 26.5 Å². The van der Waals surface area contributed by atoms with Gasteiger partial charge >= 0.3 is 0 Å². The topological polar surface area (TPSA) is 38.3 Å². The van der Waals surface area contributed by atoms with Crippen LogP contribution in [0, 0.1) is 0 Å². The number of nitrogens with one attached hydrogen (secondary N) is 1. The molecule has 0 aliphatic heterocycles. The molecular weight excluding hydrogens is 216 g/mol. The van der Waals surface area contributed by atoms with Crippen molar-refractivity contribution in [2.75, 3.05) is 41.3 Å². The number of nitrogens with zero attached hydrogens (tertiary/aromatic N) is 1. The first-order valence-corrected chi connectivity index (χ1v) is 5.65. The molecule has 0 radical (unpaired) electrons. The third kappa shape index (κ3) is 4.87. The quantitative estimate of drug-likeness (QED) is 0.780. The molecule has 1 rings (SSSR count). The Morgan fingerprint density at radius 3 is 2.65 bits per heavy atom. The molecular formula is C13H21N2O2+. The maximum Gasteiger partial charge on any atom is 0.251 e. The number of quaternary nitrogens is 1. The van der Waals surface area contributed by atoms with E-state index in [1.165, 1.54) is 0 Å². The molecule has 0 aliphatic rings. The summed E-state index contributed by atoms with van der Waals surface area (Å²) >= 11 is 0. The van der Waals surface area contributed by atoms with Crippen molar-refractivity contribution < 1.29 is 14.0 Å². The molecule has 4 heteroatoms. The highest BCUT2D eigenvalue weighted by atomic mass is 16.5. The maximum absolute atomic E-state index is 11.8. The molecule has 0 saturated carbocycles. The Balaban J connectivity index is 2.52. The molecule has 94 valence electrons. The van der Waals surface area contributed by atoms with Crippen LogP contribution >= 0.6 is 0 Å². The van der Waals surface area contributed by atoms with Gasteiger partial charge in [-0.15, -0.1) is 0 Å². The van der Waals surface area contributed by atoms with Crippen molar-refractivity contribution >= 4 is 5.91 Å². The molecule has 1 amide bonds. The number of hydrogen-bond acceptors (Lipinski definition) is 2. The molecule has 1 N–H and O–H groups in total. The molecule has 0 fully saturated rings. The molecule has 0 spiro atoms. The SMILES string of the molecule is COc1cccc(C(=O)NCC[N+](C)(C)C)c1. The van der Waals surface area contributed by atoms with E-state index < -0.39 is 0 Å². The number of benzene rings is 1. The minimum Gasteiger partial charge on any atom is -0.497 e. The normalized spacial score (nSPS) is 11.1. The van der Waals surface area contributed by atoms with Crippen LogP contribution in [0.15, 0.2) is 24.3 Å². The Hall–Kier alpha value is -1.55. The van der Waals surface area contributed by atoms with Crippen LogP contribution in [0.5, 0.6) is 5.75 Å². The van der Waals surface area contributed by atoms with Gasteiger partial charge in [0.25, 0.3) is 5.91 Å². The van der Waals surface area contributed by atoms with Crippen molar-refractivity contribution in [3.05, 3.63) is 29.8 Å². The molecule has 0 heterocycles. The zero-order valence-corrected chi connectivity index (χ0v) is 11.0. The molecule has 0 unspecified atom stereocenters. The van der Waals surface area contributed by atoms with E-state index >= 15 is 0 Å². The van der Waals surface area contributed by atoms with Crippen LogP contribution in [0.3, 0.4) is 0 Å². The van der Waals surface area contributed by atoms with Crippen LogP contribution in [0.4, 0.5) is 0 Å². The molecule has 17 heavy (non-hydrogen) atoms. The van der Waals surface area contributed by atoms with Crippen LogP contribution in [-0.2, 0) is 0 Å². The predicted octanol–water partition coefficient (Wildman–Crippen LogP) is 1.13. The van der Waals surface area contributed by atoms with Gasteiger partial charge in [0.15, 0.2) is 0 Å². The number of carbonyl (C=O) groups excluding carboxylic acids is 1. The van der Waals surface area contributed by atoms with Crippen molar-refractivity contribution in [1.82, 2.24) is 5.32 Å². The Bertz CT molecular complexity index is 383. The minimum absolute atomic E-state index is 0.0580. The lowest BCUT2D eigenvalue weighted by molar-refractivity contribution is -0.869. The first-order valence-electron chi connectivity index (χ1n) is 5.65. The van der Waals surface area contributed by atoms with E-state index in [9.17, 15) is 4.79 Å². The average Bonchev–Trinajstić information content (AvgIpc) is 2.27. The fourth-order valence-corrected chi connectivity index (χ4v) is 1.37. The summed E-state index contributed by atoms with van der Waals surface area (Å²) in [5, 5.41) is 2.90. The molecule has 0 aromatic heterocycles. The average molecular weight is 237 g/mol. The van der Waals surface area contributed by atoms with Crippen LogP contribution in [-0.4, -0.2) is 51.7 Å². The zero-order chi connectivity index (χ0) is 12.9. The smallest absolute Gasteiger partial charge is 0.251 e. The monoisotopic (exact) mass is 237 g/mol. The van der Waals surface area contributed by atoms with Crippen LogP contribution in [0.1, 0.15) is 10.4 Å². The number of hydrogen-bond donors (Lipinski definition) is 1. The summed E-state index contributed by atoms with van der Waals surface area (Å²) in [4.78, 5) is 11.8. The second-order valence-electron chi connectivity index (χ2n) is 5.00. The Morgan fingerprint density at radius 1 is 1.35 bits per heavy atom. The molecule has 0 bridgehead atoms. The van der Waals surface area contributed by atoms with Gasteiger partial charge in [0, 0.05) is 5.56 Å². The summed E-state index contributed by atoms with van der Waals surface area (Å²) in [5.41, 5.74) is 0.630. The lowest BCUT2D eigenvalue weighted by atomic mass is 10.2. The van der Waals surface area contributed by atoms with Gasteiger partial charge in [0.05, 0.1) is 41.3 Å². The Kier molecular flexibility index (Phi) is 4.52. The summed E-state index contributed by atoms with van der Waals surface area (Å²) in [7, 11) is 7.88. The van der Waals surface area contributed by atoms with Gasteiger partial charge in [-0.05, 0) is 18.2 Å². The third-order valence-corrected chi connectivity index (χ3v) is 2.40. The molecule has 4 nitrogen and oxygen atoms in total. The lowest BCUT2D eigenvalue weighted by Gasteiger charge is -2.23. The summed E-state index contributed by atoms with van der Waals surface area (Å²) in [6.45, 7) is 1.56. The van der Waals surface area contributed by atoms with E-state index in [1.807, 2.05) is 12.1 Å². The van der Waals surface area contributed by atoms with Crippen molar-refractivity contribution in [2.45, 2.75) is 0 Å². The van der Waals surface area contributed by atoms with Gasteiger partial charge in [-0.2, -0.15) is 0 Å². The fraction of sp³-hybridized carbons (Fsp3) is 0.462. The van der Waals surface area contributed by atoms with E-state index in [0.29, 0.717) is 17.9 Å². The molecule has 1 aromatic rings. The van der Waals surface area contributed by atoms with E-state index in [0.717, 1.165) is 11.0 Å². The second kappa shape index (κ2) is 5.68. The molecule has 1 aromatic carbocycles. The molecule has 0 atom stereocenters. The minimum atomic E-state index is -0.0580. The number of methoxy groups -OCH3 is 1. The predicted molar refractivity (Wildman–Crippen MR) is 68.2 cm³/mol. The van der Waals surface area contributed by atoms with Crippen LogP contribution < -0.4 is 10.1 Å². The van der Waals surface area contributed by atoms with Gasteiger partial charge in [-0.3, -0.25) is 4.79 Å². The standard InChI is InChI=1S/C13H20N2O2/c1-15(2,3)9-8-14-13(16)11-6-5-7-12(10-11)17-4/h5-7,10H,8-9H2,1-4H3/p+1. The molecule has 0 aliphatic carbocycles. The summed E-state index contributed by atoms with van der Waals surface area (Å²) in [5.74, 6) is 0.640. The van der Waals surface area contributed by atoms with E-state index in [-0.39, 0.29) is 5.91 Å². The summed E-state index contributed by atoms with van der Waals surface area (Å²) in [6, 6.07) is 7.15. The second-order valence-corrected chi connectivity index (χ2v) is 5.00. The van der Waals surface area contributed by atoms with Crippen molar-refractivity contribution in [3.8, 4) is 5.75 Å². The zero-order valence-electron chi connectivity index (χ0n) is 11.0. The summed E-state index contributed by atoms with van der Waals surface area (Å²) < 4.78 is 5.91. The number of ether oxygens (including phenoxy) is 1. The van der Waals surface area contributed by atoms with Crippen LogP contribution in [0.2, 0.25) is 0 Å². The highest BCUT2D eigenvalue weighted by Gasteiger charge is 2.09. The summed E-state index contributed by atoms with van der Waals surface area (Å²) in [6.07, 6.45) is 0. The lowest BCUT2D eigenvalue weighted by Crippen LogP contribution is -2.41. The van der Waals surface area contributed by atoms with Crippen molar-refractivity contribution in [3.63, 3.8) is 0 Å². The van der Waals surface area contributed by atoms with Crippen molar-refractivity contribution in [1.29, 1.82) is 0 Å². The highest BCUT2D eigenvalue weighted by molar-refractivity contribution is 5.94. The number of carbonyl (C=O) groups is 1. The van der Waals surface area contributed by atoms with Gasteiger partial charge < -0.3 is 14.5 Å². The van der Waals surface area contributed by atoms with Gasteiger partial charge in [-0.1, -0.05) is 6.07 Å². The Labute approximate surface area is 103 Å². The maximum atomic E-state index is 11.8. The molecule has 0 saturated heterocycles. The van der Waals surface area contributed by atoms with Gasteiger partial charge in [-0.25, -0.2) is 0 Å². The fourth-order valence-electron chi connectivity index (χ4n) is 1.37. The third-order valence-electron chi connectivity index (χ3n) is 2.40. The van der Waals surface area contributed by atoms with Gasteiger partial charge in [0.2, 0.25) is 0 Å². The van der Waals surface area contributed by atoms with E-state index in [1.54, 1.807) is 19.2 Å². The van der Waals surface area contributed by atoms with Crippen molar-refractivity contribution in [2.24, 2.45) is 0 Å². The van der Waals surface area contributed by atoms with Crippen LogP contribution in [0.25, 0.3) is 0 Å².